The molecule has 0 aromatic rings. The first kappa shape index (κ1) is 27.2. The Morgan fingerprint density at radius 3 is 0.893 bits per heavy atom. The van der Waals surface area contributed by atoms with E-state index >= 15 is 0 Å². The first-order chi connectivity index (χ1) is 13.1. The minimum atomic E-state index is -4.43. The van der Waals surface area contributed by atoms with Gasteiger partial charge in [0.15, 0.2) is 10.9 Å². The van der Waals surface area contributed by atoms with Crippen molar-refractivity contribution in [3.63, 3.8) is 0 Å². The highest BCUT2D eigenvalue weighted by molar-refractivity contribution is 7.70. The summed E-state index contributed by atoms with van der Waals surface area (Å²) in [5.74, 6) is 0. The van der Waals surface area contributed by atoms with E-state index < -0.39 is 26.1 Å². The summed E-state index contributed by atoms with van der Waals surface area (Å²) in [5, 5.41) is 22.5. The van der Waals surface area contributed by atoms with Crippen LogP contribution in [0.1, 0.15) is 89.9 Å². The summed E-state index contributed by atoms with van der Waals surface area (Å²) in [5.41, 5.74) is -0.900. The van der Waals surface area contributed by atoms with Gasteiger partial charge in [0.05, 0.1) is 0 Å². The zero-order chi connectivity index (χ0) is 21.5. The van der Waals surface area contributed by atoms with E-state index in [2.05, 4.69) is 10.3 Å². The second-order valence-electron chi connectivity index (χ2n) is 6.86. The van der Waals surface area contributed by atoms with Crippen LogP contribution < -0.4 is 0 Å². The van der Waals surface area contributed by atoms with Gasteiger partial charge in [0.2, 0.25) is 0 Å². The summed E-state index contributed by atoms with van der Waals surface area (Å²) in [6.07, 6.45) is 11.7. The van der Waals surface area contributed by atoms with Crippen LogP contribution >= 0.6 is 15.2 Å². The van der Waals surface area contributed by atoms with E-state index in [4.69, 9.17) is 30.0 Å². The van der Waals surface area contributed by atoms with Crippen molar-refractivity contribution in [2.75, 3.05) is 0 Å². The summed E-state index contributed by atoms with van der Waals surface area (Å²) in [4.78, 5) is 35.6. The number of unbranched alkanes of at least 4 members (excludes halogenated alkanes) is 11. The van der Waals surface area contributed by atoms with Crippen molar-refractivity contribution in [3.05, 3.63) is 0 Å². The molecule has 0 unspecified atom stereocenters. The maximum absolute atomic E-state index is 11.0. The van der Waals surface area contributed by atoms with Crippen molar-refractivity contribution in [1.29, 1.82) is 0 Å². The van der Waals surface area contributed by atoms with Gasteiger partial charge in [-0.3, -0.25) is 9.13 Å². The molecule has 0 aromatic carbocycles. The van der Waals surface area contributed by atoms with Gasteiger partial charge in [0, 0.05) is 12.8 Å². The molecule has 0 spiro atoms. The Balaban J connectivity index is 3.45. The second kappa shape index (κ2) is 15.1. The third-order valence-electron chi connectivity index (χ3n) is 4.45. The van der Waals surface area contributed by atoms with Crippen molar-refractivity contribution in [3.8, 4) is 0 Å². The van der Waals surface area contributed by atoms with Gasteiger partial charge in [-0.15, -0.1) is 0 Å². The molecule has 6 N–H and O–H groups in total. The Kier molecular flexibility index (Phi) is 14.7. The standard InChI is InChI=1S/C16H34N2O8P2/c19-17-15(27(21,22)23)13-11-9-7-5-3-1-2-4-6-8-10-12-14-16(18-20)28(24,25)26/h19-20H,1-14H2,(H2,21,22,23)(H2,24,25,26)/b17-15-,18-16-. The lowest BCUT2D eigenvalue weighted by molar-refractivity contribution is 0.314. The zero-order valence-corrected chi connectivity index (χ0v) is 18.0. The minimum Gasteiger partial charge on any atom is -0.410 e. The number of oxime groups is 2. The van der Waals surface area contributed by atoms with Crippen LogP contribution in [-0.2, 0) is 9.13 Å². The molecule has 0 bridgehead atoms. The predicted molar refractivity (Wildman–Crippen MR) is 107 cm³/mol. The Hall–Kier alpha value is -0.760. The molecule has 0 radical (unpaired) electrons. The first-order valence-corrected chi connectivity index (χ1v) is 12.9. The largest absolute Gasteiger partial charge is 0.410 e. The monoisotopic (exact) mass is 444 g/mol. The molecule has 0 amide bonds. The average Bonchev–Trinajstić information content (AvgIpc) is 2.59. The smallest absolute Gasteiger partial charge is 0.373 e. The lowest BCUT2D eigenvalue weighted by Gasteiger charge is -2.06. The maximum Gasteiger partial charge on any atom is 0.373 e. The Morgan fingerprint density at radius 2 is 0.714 bits per heavy atom. The molecular weight excluding hydrogens is 410 g/mol. The predicted octanol–water partition coefficient (Wildman–Crippen LogP) is 4.38. The molecule has 0 aromatic heterocycles. The molecule has 0 fully saturated rings. The highest BCUT2D eigenvalue weighted by atomic mass is 31.2. The van der Waals surface area contributed by atoms with Crippen molar-refractivity contribution >= 4 is 26.1 Å². The second-order valence-corrected chi connectivity index (χ2v) is 10.1. The summed E-state index contributed by atoms with van der Waals surface area (Å²) < 4.78 is 21.9. The van der Waals surface area contributed by atoms with Crippen LogP contribution in [0.3, 0.4) is 0 Å². The number of rotatable bonds is 17. The molecule has 12 heteroatoms. The molecule has 0 heterocycles. The van der Waals surface area contributed by atoms with E-state index in [1.165, 1.54) is 0 Å². The molecule has 10 nitrogen and oxygen atoms in total. The van der Waals surface area contributed by atoms with Crippen LogP contribution in [0.5, 0.6) is 0 Å². The van der Waals surface area contributed by atoms with Gasteiger partial charge in [-0.2, -0.15) is 0 Å². The first-order valence-electron chi connectivity index (χ1n) is 9.67. The fourth-order valence-corrected chi connectivity index (χ4v) is 3.97. The third kappa shape index (κ3) is 14.3. The minimum absolute atomic E-state index is 0.112. The highest BCUT2D eigenvalue weighted by Gasteiger charge is 2.23. The summed E-state index contributed by atoms with van der Waals surface area (Å²) >= 11 is 0. The number of hydrogen-bond acceptors (Lipinski definition) is 6. The molecule has 166 valence electrons. The molecular formula is C16H34N2O8P2. The molecule has 0 aliphatic heterocycles. The van der Waals surface area contributed by atoms with Crippen LogP contribution in [-0.4, -0.2) is 40.9 Å². The SMILES string of the molecule is O=P(O)(O)/C(CCCCCCCCCCCCCC/C(=N/O)P(=O)(O)O)=N\O. The normalized spacial score (nSPS) is 13.9. The van der Waals surface area contributed by atoms with Crippen LogP contribution in [0.15, 0.2) is 10.3 Å². The van der Waals surface area contributed by atoms with Gasteiger partial charge >= 0.3 is 15.2 Å². The maximum atomic E-state index is 11.0. The lowest BCUT2D eigenvalue weighted by Crippen LogP contribution is -1.99. The summed E-state index contributed by atoms with van der Waals surface area (Å²) in [7, 11) is -8.85. The molecule has 0 atom stereocenters. The quantitative estimate of drug-likeness (QED) is 0.0628. The number of hydrogen-bond donors (Lipinski definition) is 6. The van der Waals surface area contributed by atoms with Gasteiger partial charge in [-0.1, -0.05) is 74.5 Å². The van der Waals surface area contributed by atoms with Gasteiger partial charge < -0.3 is 30.0 Å². The van der Waals surface area contributed by atoms with E-state index in [0.717, 1.165) is 64.2 Å². The van der Waals surface area contributed by atoms with Crippen LogP contribution in [0.25, 0.3) is 0 Å². The van der Waals surface area contributed by atoms with E-state index in [9.17, 15) is 9.13 Å². The van der Waals surface area contributed by atoms with E-state index in [1.54, 1.807) is 0 Å². The van der Waals surface area contributed by atoms with Crippen molar-refractivity contribution in [1.82, 2.24) is 0 Å². The van der Waals surface area contributed by atoms with Gasteiger partial charge in [-0.25, -0.2) is 0 Å². The van der Waals surface area contributed by atoms with E-state index in [1.807, 2.05) is 0 Å². The van der Waals surface area contributed by atoms with Gasteiger partial charge in [0.1, 0.15) is 0 Å². The highest BCUT2D eigenvalue weighted by Crippen LogP contribution is 2.39. The molecule has 0 rings (SSSR count). The Bertz CT molecular complexity index is 521. The van der Waals surface area contributed by atoms with Crippen LogP contribution in [0.4, 0.5) is 0 Å². The van der Waals surface area contributed by atoms with Crippen molar-refractivity contribution in [2.24, 2.45) is 10.3 Å². The fraction of sp³-hybridized carbons (Fsp3) is 0.875. The van der Waals surface area contributed by atoms with Crippen LogP contribution in [0.2, 0.25) is 0 Å². The van der Waals surface area contributed by atoms with E-state index in [0.29, 0.717) is 12.8 Å². The molecule has 0 saturated heterocycles. The molecule has 28 heavy (non-hydrogen) atoms. The molecule has 0 saturated carbocycles. The van der Waals surface area contributed by atoms with Gasteiger partial charge in [0.25, 0.3) is 0 Å². The summed E-state index contributed by atoms with van der Waals surface area (Å²) in [6.45, 7) is 0. The van der Waals surface area contributed by atoms with E-state index in [-0.39, 0.29) is 12.8 Å². The third-order valence-corrected chi connectivity index (χ3v) is 6.43. The average molecular weight is 444 g/mol. The Labute approximate surface area is 166 Å². The van der Waals surface area contributed by atoms with Crippen molar-refractivity contribution in [2.45, 2.75) is 89.9 Å². The molecule has 0 aliphatic carbocycles. The molecule has 0 aliphatic rings. The zero-order valence-electron chi connectivity index (χ0n) is 16.2. The van der Waals surface area contributed by atoms with Crippen molar-refractivity contribution < 1.29 is 39.1 Å². The van der Waals surface area contributed by atoms with Gasteiger partial charge in [-0.05, 0) is 12.8 Å². The number of nitrogens with zero attached hydrogens (tertiary/aromatic N) is 2. The fourth-order valence-electron chi connectivity index (χ4n) is 2.84. The Morgan fingerprint density at radius 1 is 0.500 bits per heavy atom. The topological polar surface area (TPSA) is 180 Å². The lowest BCUT2D eigenvalue weighted by atomic mass is 10.0. The van der Waals surface area contributed by atoms with Crippen LogP contribution in [0, 0.1) is 0 Å². The summed E-state index contributed by atoms with van der Waals surface area (Å²) in [6, 6.07) is 0.